The molecular weight excluding hydrogens is 348 g/mol. The first kappa shape index (κ1) is 20.9. The Labute approximate surface area is 159 Å². The summed E-state index contributed by atoms with van der Waals surface area (Å²) in [5, 5.41) is 5.27. The molecule has 148 valence electrons. The lowest BCUT2D eigenvalue weighted by Gasteiger charge is -2.27. The maximum Gasteiger partial charge on any atom is 0.254 e. The van der Waals surface area contributed by atoms with Crippen molar-refractivity contribution in [3.8, 4) is 0 Å². The molecule has 0 unspecified atom stereocenters. The van der Waals surface area contributed by atoms with Gasteiger partial charge in [-0.1, -0.05) is 19.9 Å². The number of aryl methyl sites for hydroxylation is 1. The first-order chi connectivity index (χ1) is 12.8. The SMILES string of the molecule is Cc1ccc(C(=O)N2CCOCC2)cc1NC(=O)CNC(=O)[C@@H](N)C(C)C. The Kier molecular flexibility index (Phi) is 7.32. The lowest BCUT2D eigenvalue weighted by atomic mass is 10.1. The number of hydrogen-bond acceptors (Lipinski definition) is 5. The summed E-state index contributed by atoms with van der Waals surface area (Å²) in [6, 6.07) is 4.53. The number of nitrogens with one attached hydrogen (secondary N) is 2. The Bertz CT molecular complexity index is 699. The molecule has 4 N–H and O–H groups in total. The van der Waals surface area contributed by atoms with Gasteiger partial charge in [-0.05, 0) is 30.5 Å². The van der Waals surface area contributed by atoms with Crippen molar-refractivity contribution in [2.75, 3.05) is 38.2 Å². The van der Waals surface area contributed by atoms with E-state index in [4.69, 9.17) is 10.5 Å². The number of nitrogens with two attached hydrogens (primary N) is 1. The number of amides is 3. The number of carbonyl (C=O) groups is 3. The Hall–Kier alpha value is -2.45. The van der Waals surface area contributed by atoms with Crippen molar-refractivity contribution in [1.82, 2.24) is 10.2 Å². The molecule has 1 aliphatic rings. The molecule has 8 nitrogen and oxygen atoms in total. The molecule has 27 heavy (non-hydrogen) atoms. The van der Waals surface area contributed by atoms with Gasteiger partial charge in [-0.3, -0.25) is 14.4 Å². The molecule has 0 bridgehead atoms. The zero-order valence-corrected chi connectivity index (χ0v) is 16.1. The Morgan fingerprint density at radius 1 is 1.22 bits per heavy atom. The summed E-state index contributed by atoms with van der Waals surface area (Å²) in [6.45, 7) is 7.49. The van der Waals surface area contributed by atoms with Crippen LogP contribution in [0, 0.1) is 12.8 Å². The van der Waals surface area contributed by atoms with Gasteiger partial charge < -0.3 is 26.0 Å². The van der Waals surface area contributed by atoms with Crippen LogP contribution in [0.2, 0.25) is 0 Å². The number of carbonyl (C=O) groups excluding carboxylic acids is 3. The second kappa shape index (κ2) is 9.48. The summed E-state index contributed by atoms with van der Waals surface area (Å²) in [6.07, 6.45) is 0. The van der Waals surface area contributed by atoms with E-state index in [2.05, 4.69) is 10.6 Å². The third-order valence-electron chi connectivity index (χ3n) is 4.50. The second-order valence-electron chi connectivity index (χ2n) is 6.97. The molecule has 0 aromatic heterocycles. The van der Waals surface area contributed by atoms with Crippen LogP contribution < -0.4 is 16.4 Å². The lowest BCUT2D eigenvalue weighted by molar-refractivity contribution is -0.125. The number of anilines is 1. The lowest BCUT2D eigenvalue weighted by Crippen LogP contribution is -2.46. The predicted molar refractivity (Wildman–Crippen MR) is 102 cm³/mol. The highest BCUT2D eigenvalue weighted by Crippen LogP contribution is 2.18. The topological polar surface area (TPSA) is 114 Å². The van der Waals surface area contributed by atoms with Crippen molar-refractivity contribution in [1.29, 1.82) is 0 Å². The molecule has 0 aliphatic carbocycles. The highest BCUT2D eigenvalue weighted by atomic mass is 16.5. The van der Waals surface area contributed by atoms with Crippen LogP contribution in [-0.2, 0) is 14.3 Å². The van der Waals surface area contributed by atoms with Crippen molar-refractivity contribution >= 4 is 23.4 Å². The highest BCUT2D eigenvalue weighted by molar-refractivity contribution is 5.99. The average molecular weight is 376 g/mol. The number of morpholine rings is 1. The molecule has 2 rings (SSSR count). The average Bonchev–Trinajstić information content (AvgIpc) is 2.67. The van der Waals surface area contributed by atoms with Crippen molar-refractivity contribution in [3.05, 3.63) is 29.3 Å². The van der Waals surface area contributed by atoms with Crippen LogP contribution in [0.15, 0.2) is 18.2 Å². The van der Waals surface area contributed by atoms with Gasteiger partial charge in [0.1, 0.15) is 0 Å². The minimum absolute atomic E-state index is 0.0156. The number of benzene rings is 1. The molecule has 1 aromatic carbocycles. The molecule has 1 atom stereocenters. The fourth-order valence-corrected chi connectivity index (χ4v) is 2.62. The fourth-order valence-electron chi connectivity index (χ4n) is 2.62. The minimum Gasteiger partial charge on any atom is -0.378 e. The fraction of sp³-hybridized carbons (Fsp3) is 0.526. The number of hydrogen-bond donors (Lipinski definition) is 3. The predicted octanol–water partition coefficient (Wildman–Crippen LogP) is 0.505. The molecule has 1 heterocycles. The summed E-state index contributed by atoms with van der Waals surface area (Å²) in [5.41, 5.74) is 7.62. The van der Waals surface area contributed by atoms with Crippen molar-refractivity contribution in [3.63, 3.8) is 0 Å². The van der Waals surface area contributed by atoms with Crippen LogP contribution in [-0.4, -0.2) is 61.5 Å². The van der Waals surface area contributed by atoms with Gasteiger partial charge in [0.15, 0.2) is 0 Å². The Morgan fingerprint density at radius 2 is 1.89 bits per heavy atom. The van der Waals surface area contributed by atoms with Gasteiger partial charge >= 0.3 is 0 Å². The van der Waals surface area contributed by atoms with Crippen molar-refractivity contribution in [2.24, 2.45) is 11.7 Å². The van der Waals surface area contributed by atoms with Gasteiger partial charge in [-0.25, -0.2) is 0 Å². The molecule has 8 heteroatoms. The molecular formula is C19H28N4O4. The van der Waals surface area contributed by atoms with Gasteiger partial charge in [0.05, 0.1) is 25.8 Å². The summed E-state index contributed by atoms with van der Waals surface area (Å²) < 4.78 is 5.26. The van der Waals surface area contributed by atoms with E-state index < -0.39 is 6.04 Å². The quantitative estimate of drug-likeness (QED) is 0.669. The van der Waals surface area contributed by atoms with E-state index in [1.54, 1.807) is 23.1 Å². The van der Waals surface area contributed by atoms with Crippen molar-refractivity contribution < 1.29 is 19.1 Å². The van der Waals surface area contributed by atoms with E-state index in [-0.39, 0.29) is 30.2 Å². The summed E-state index contributed by atoms with van der Waals surface area (Å²) in [5.74, 6) is -0.852. The van der Waals surface area contributed by atoms with Crippen LogP contribution in [0.5, 0.6) is 0 Å². The Morgan fingerprint density at radius 3 is 2.52 bits per heavy atom. The summed E-state index contributed by atoms with van der Waals surface area (Å²) in [7, 11) is 0. The van der Waals surface area contributed by atoms with Crippen LogP contribution >= 0.6 is 0 Å². The van der Waals surface area contributed by atoms with Gasteiger partial charge in [0, 0.05) is 24.3 Å². The largest absolute Gasteiger partial charge is 0.378 e. The molecule has 1 fully saturated rings. The second-order valence-corrected chi connectivity index (χ2v) is 6.97. The van der Waals surface area contributed by atoms with E-state index >= 15 is 0 Å². The normalized spacial score (nSPS) is 15.4. The zero-order chi connectivity index (χ0) is 20.0. The summed E-state index contributed by atoms with van der Waals surface area (Å²) >= 11 is 0. The first-order valence-electron chi connectivity index (χ1n) is 9.10. The molecule has 0 spiro atoms. The van der Waals surface area contributed by atoms with Gasteiger partial charge in [-0.2, -0.15) is 0 Å². The highest BCUT2D eigenvalue weighted by Gasteiger charge is 2.20. The number of ether oxygens (including phenoxy) is 1. The third-order valence-corrected chi connectivity index (χ3v) is 4.50. The smallest absolute Gasteiger partial charge is 0.254 e. The monoisotopic (exact) mass is 376 g/mol. The standard InChI is InChI=1S/C19H28N4O4/c1-12(2)17(20)18(25)21-11-16(24)22-15-10-14(5-4-13(15)3)19(26)23-6-8-27-9-7-23/h4-5,10,12,17H,6-9,11,20H2,1-3H3,(H,21,25)(H,22,24)/t17-/m0/s1. The van der Waals surface area contributed by atoms with E-state index in [9.17, 15) is 14.4 Å². The number of nitrogens with zero attached hydrogens (tertiary/aromatic N) is 1. The van der Waals surface area contributed by atoms with Crippen LogP contribution in [0.3, 0.4) is 0 Å². The molecule has 1 saturated heterocycles. The van der Waals surface area contributed by atoms with E-state index in [0.29, 0.717) is 37.6 Å². The minimum atomic E-state index is -0.658. The van der Waals surface area contributed by atoms with E-state index in [0.717, 1.165) is 5.56 Å². The molecule has 1 aliphatic heterocycles. The van der Waals surface area contributed by atoms with Crippen molar-refractivity contribution in [2.45, 2.75) is 26.8 Å². The molecule has 0 radical (unpaired) electrons. The third kappa shape index (κ3) is 5.77. The maximum absolute atomic E-state index is 12.6. The van der Waals surface area contributed by atoms with Gasteiger partial charge in [0.2, 0.25) is 11.8 Å². The van der Waals surface area contributed by atoms with Crippen LogP contribution in [0.1, 0.15) is 29.8 Å². The molecule has 1 aromatic rings. The summed E-state index contributed by atoms with van der Waals surface area (Å²) in [4.78, 5) is 38.3. The van der Waals surface area contributed by atoms with Gasteiger partial charge in [0.25, 0.3) is 5.91 Å². The van der Waals surface area contributed by atoms with E-state index in [1.807, 2.05) is 20.8 Å². The zero-order valence-electron chi connectivity index (χ0n) is 16.1. The number of rotatable bonds is 6. The maximum atomic E-state index is 12.6. The van der Waals surface area contributed by atoms with Gasteiger partial charge in [-0.15, -0.1) is 0 Å². The molecule has 3 amide bonds. The van der Waals surface area contributed by atoms with E-state index in [1.165, 1.54) is 0 Å². The van der Waals surface area contributed by atoms with Crippen LogP contribution in [0.4, 0.5) is 5.69 Å². The van der Waals surface area contributed by atoms with Crippen LogP contribution in [0.25, 0.3) is 0 Å². The Balaban J connectivity index is 1.98. The first-order valence-corrected chi connectivity index (χ1v) is 9.10. The molecule has 0 saturated carbocycles.